The molecular formula is C18H20N3O4-. The minimum Gasteiger partial charge on any atom is -0.543 e. The van der Waals surface area contributed by atoms with Crippen molar-refractivity contribution in [1.29, 1.82) is 0 Å². The summed E-state index contributed by atoms with van der Waals surface area (Å²) in [5.74, 6) is -1.70. The van der Waals surface area contributed by atoms with Gasteiger partial charge in [-0.2, -0.15) is 5.10 Å². The summed E-state index contributed by atoms with van der Waals surface area (Å²) in [7, 11) is 0. The molecule has 132 valence electrons. The lowest BCUT2D eigenvalue weighted by atomic mass is 9.97. The van der Waals surface area contributed by atoms with Gasteiger partial charge in [-0.3, -0.25) is 9.59 Å². The Labute approximate surface area is 144 Å². The second-order valence-electron chi connectivity index (χ2n) is 6.57. The van der Waals surface area contributed by atoms with E-state index >= 15 is 0 Å². The first-order chi connectivity index (χ1) is 11.9. The first-order valence-electron chi connectivity index (χ1n) is 8.42. The summed E-state index contributed by atoms with van der Waals surface area (Å²) in [6.45, 7) is 3.69. The largest absolute Gasteiger partial charge is 0.543 e. The third kappa shape index (κ3) is 3.14. The molecule has 1 saturated heterocycles. The van der Waals surface area contributed by atoms with Gasteiger partial charge >= 0.3 is 0 Å². The van der Waals surface area contributed by atoms with Crippen LogP contribution in [0.5, 0.6) is 0 Å². The maximum absolute atomic E-state index is 12.7. The summed E-state index contributed by atoms with van der Waals surface area (Å²) in [5, 5.41) is 15.7. The minimum atomic E-state index is -1.47. The average molecular weight is 342 g/mol. The van der Waals surface area contributed by atoms with Gasteiger partial charge in [0, 0.05) is 17.5 Å². The number of likely N-dealkylation sites (tertiary alicyclic amines) is 1. The van der Waals surface area contributed by atoms with E-state index in [4.69, 9.17) is 0 Å². The standard InChI is InChI=1S/C18H21N3O4/c1-11-6-5-7-12(2)21(11)15(22)10-20-17(23)14-9-4-3-8-13(14)16(19-20)18(24)25/h3-4,8-9,11-12H,5-7,10H2,1-2H3,(H,24,25)/p-1/t11-,12+. The highest BCUT2D eigenvalue weighted by molar-refractivity contribution is 6.00. The summed E-state index contributed by atoms with van der Waals surface area (Å²) in [5.41, 5.74) is -0.811. The number of carboxylic acid groups (broad SMARTS) is 1. The van der Waals surface area contributed by atoms with Crippen molar-refractivity contribution in [2.24, 2.45) is 0 Å². The van der Waals surface area contributed by atoms with Crippen LogP contribution in [0.15, 0.2) is 29.1 Å². The van der Waals surface area contributed by atoms with E-state index in [2.05, 4.69) is 5.10 Å². The first kappa shape index (κ1) is 17.1. The Morgan fingerprint density at radius 3 is 2.36 bits per heavy atom. The molecule has 0 radical (unpaired) electrons. The molecule has 1 aliphatic heterocycles. The number of benzene rings is 1. The lowest BCUT2D eigenvalue weighted by molar-refractivity contribution is -0.255. The van der Waals surface area contributed by atoms with Gasteiger partial charge in [0.2, 0.25) is 5.91 Å². The molecule has 3 rings (SSSR count). The summed E-state index contributed by atoms with van der Waals surface area (Å²) >= 11 is 0. The normalized spacial score (nSPS) is 20.6. The smallest absolute Gasteiger partial charge is 0.275 e. The molecule has 7 nitrogen and oxygen atoms in total. The summed E-state index contributed by atoms with van der Waals surface area (Å²) < 4.78 is 0.934. The number of aromatic carboxylic acids is 1. The van der Waals surface area contributed by atoms with Crippen LogP contribution in [0.1, 0.15) is 43.6 Å². The Kier molecular flexibility index (Phi) is 4.57. The van der Waals surface area contributed by atoms with Crippen LogP contribution in [0.2, 0.25) is 0 Å². The van der Waals surface area contributed by atoms with E-state index in [1.54, 1.807) is 17.0 Å². The molecule has 0 unspecified atom stereocenters. The van der Waals surface area contributed by atoms with E-state index in [1.165, 1.54) is 12.1 Å². The fraction of sp³-hybridized carbons (Fsp3) is 0.444. The second kappa shape index (κ2) is 6.66. The van der Waals surface area contributed by atoms with Crippen molar-refractivity contribution in [3.05, 3.63) is 40.3 Å². The van der Waals surface area contributed by atoms with Crippen LogP contribution in [-0.2, 0) is 11.3 Å². The van der Waals surface area contributed by atoms with Crippen LogP contribution in [0, 0.1) is 0 Å². The number of aromatic nitrogens is 2. The maximum atomic E-state index is 12.7. The lowest BCUT2D eigenvalue weighted by Crippen LogP contribution is -2.49. The second-order valence-corrected chi connectivity index (χ2v) is 6.57. The number of hydrogen-bond acceptors (Lipinski definition) is 5. The fourth-order valence-electron chi connectivity index (χ4n) is 3.62. The molecule has 0 aliphatic carbocycles. The zero-order valence-electron chi connectivity index (χ0n) is 14.3. The van der Waals surface area contributed by atoms with Crippen LogP contribution in [0.3, 0.4) is 0 Å². The minimum absolute atomic E-state index is 0.0908. The molecule has 0 N–H and O–H groups in total. The van der Waals surface area contributed by atoms with Crippen molar-refractivity contribution in [2.45, 2.75) is 51.7 Å². The SMILES string of the molecule is C[C@@H]1CCC[C@H](C)N1C(=O)Cn1nc(C(=O)[O-])c2ccccc2c1=O. The zero-order valence-corrected chi connectivity index (χ0v) is 14.3. The van der Waals surface area contributed by atoms with Crippen molar-refractivity contribution in [1.82, 2.24) is 14.7 Å². The molecule has 2 aromatic rings. The molecule has 1 fully saturated rings. The van der Waals surface area contributed by atoms with E-state index in [0.29, 0.717) is 0 Å². The van der Waals surface area contributed by atoms with E-state index < -0.39 is 11.5 Å². The molecule has 25 heavy (non-hydrogen) atoms. The van der Waals surface area contributed by atoms with Crippen molar-refractivity contribution in [3.63, 3.8) is 0 Å². The van der Waals surface area contributed by atoms with Gasteiger partial charge < -0.3 is 14.8 Å². The Morgan fingerprint density at radius 1 is 1.16 bits per heavy atom. The maximum Gasteiger partial charge on any atom is 0.275 e. The number of hydrogen-bond donors (Lipinski definition) is 0. The number of fused-ring (bicyclic) bond motifs is 1. The average Bonchev–Trinajstić information content (AvgIpc) is 2.57. The van der Waals surface area contributed by atoms with Gasteiger partial charge in [-0.05, 0) is 39.2 Å². The number of rotatable bonds is 3. The molecule has 2 heterocycles. The molecule has 0 spiro atoms. The van der Waals surface area contributed by atoms with E-state index in [0.717, 1.165) is 23.9 Å². The Hall–Kier alpha value is -2.70. The monoisotopic (exact) mass is 342 g/mol. The number of nitrogens with zero attached hydrogens (tertiary/aromatic N) is 3. The number of amides is 1. The number of carboxylic acids is 1. The van der Waals surface area contributed by atoms with E-state index in [1.807, 2.05) is 13.8 Å². The van der Waals surface area contributed by atoms with Gasteiger partial charge in [0.25, 0.3) is 5.56 Å². The van der Waals surface area contributed by atoms with Gasteiger partial charge in [-0.1, -0.05) is 18.2 Å². The Balaban J connectivity index is 2.01. The highest BCUT2D eigenvalue weighted by atomic mass is 16.4. The van der Waals surface area contributed by atoms with Crippen LogP contribution in [0.4, 0.5) is 0 Å². The number of carbonyl (C=O) groups excluding carboxylic acids is 2. The van der Waals surface area contributed by atoms with Gasteiger partial charge in [0.05, 0.1) is 11.4 Å². The predicted molar refractivity (Wildman–Crippen MR) is 90.0 cm³/mol. The van der Waals surface area contributed by atoms with Gasteiger partial charge in [0.15, 0.2) is 0 Å². The number of piperidine rings is 1. The third-order valence-electron chi connectivity index (χ3n) is 4.83. The third-order valence-corrected chi connectivity index (χ3v) is 4.83. The zero-order chi connectivity index (χ0) is 18.1. The summed E-state index contributed by atoms with van der Waals surface area (Å²) in [6, 6.07) is 6.49. The molecule has 0 saturated carbocycles. The van der Waals surface area contributed by atoms with Crippen LogP contribution >= 0.6 is 0 Å². The number of carbonyl (C=O) groups is 2. The first-order valence-corrected chi connectivity index (χ1v) is 8.42. The summed E-state index contributed by atoms with van der Waals surface area (Å²) in [4.78, 5) is 38.5. The van der Waals surface area contributed by atoms with Crippen molar-refractivity contribution in [2.75, 3.05) is 0 Å². The van der Waals surface area contributed by atoms with Crippen LogP contribution in [-0.4, -0.2) is 38.6 Å². The molecule has 1 aromatic carbocycles. The van der Waals surface area contributed by atoms with E-state index in [9.17, 15) is 19.5 Å². The highest BCUT2D eigenvalue weighted by Gasteiger charge is 2.29. The quantitative estimate of drug-likeness (QED) is 0.812. The fourth-order valence-corrected chi connectivity index (χ4v) is 3.62. The van der Waals surface area contributed by atoms with Gasteiger partial charge in [-0.15, -0.1) is 0 Å². The summed E-state index contributed by atoms with van der Waals surface area (Å²) in [6.07, 6.45) is 2.90. The molecule has 1 amide bonds. The molecule has 0 bridgehead atoms. The van der Waals surface area contributed by atoms with Crippen molar-refractivity contribution >= 4 is 22.6 Å². The Morgan fingerprint density at radius 2 is 1.76 bits per heavy atom. The molecule has 7 heteroatoms. The van der Waals surface area contributed by atoms with Crippen LogP contribution in [0.25, 0.3) is 10.8 Å². The highest BCUT2D eigenvalue weighted by Crippen LogP contribution is 2.22. The van der Waals surface area contributed by atoms with E-state index in [-0.39, 0.29) is 41.0 Å². The molecule has 1 aliphatic rings. The Bertz CT molecular complexity index is 880. The van der Waals surface area contributed by atoms with Gasteiger partial charge in [-0.25, -0.2) is 4.68 Å². The topological polar surface area (TPSA) is 95.3 Å². The van der Waals surface area contributed by atoms with Gasteiger partial charge in [0.1, 0.15) is 12.2 Å². The molecule has 1 aromatic heterocycles. The van der Waals surface area contributed by atoms with Crippen molar-refractivity contribution in [3.8, 4) is 0 Å². The lowest BCUT2D eigenvalue weighted by Gasteiger charge is -2.39. The van der Waals surface area contributed by atoms with Crippen molar-refractivity contribution < 1.29 is 14.7 Å². The van der Waals surface area contributed by atoms with Crippen LogP contribution < -0.4 is 10.7 Å². The molecule has 2 atom stereocenters. The predicted octanol–water partition coefficient (Wildman–Crippen LogP) is 0.549. The molecular weight excluding hydrogens is 322 g/mol.